The van der Waals surface area contributed by atoms with Crippen molar-refractivity contribution in [3.05, 3.63) is 188 Å². The molecule has 0 aliphatic rings. The molecule has 5 nitrogen and oxygen atoms in total. The van der Waals surface area contributed by atoms with Crippen LogP contribution in [-0.2, 0) is 0 Å². The Labute approximate surface area is 322 Å². The van der Waals surface area contributed by atoms with Gasteiger partial charge in [-0.25, -0.2) is 24.9 Å². The summed E-state index contributed by atoms with van der Waals surface area (Å²) in [6.07, 6.45) is 0. The molecule has 0 saturated carbocycles. The Kier molecular flexibility index (Phi) is 8.28. The minimum absolute atomic E-state index is 0.642. The fraction of sp³-hybridized carbons (Fsp3) is 0. The second-order valence-corrected chi connectivity index (χ2v) is 14.3. The Hall–Kier alpha value is -7.15. The number of hydrogen-bond acceptors (Lipinski definition) is 6. The summed E-state index contributed by atoms with van der Waals surface area (Å²) < 4.78 is 2.33. The molecule has 0 atom stereocenters. The molecule has 10 rings (SSSR count). The van der Waals surface area contributed by atoms with Crippen molar-refractivity contribution < 1.29 is 0 Å². The number of aromatic nitrogens is 5. The number of fused-ring (bicyclic) bond motifs is 3. The standard InChI is InChI=1S/C49H31N5S/c1-5-16-32(17-6-1)41-31-42(33-18-7-2-8-19-33)51-48(50-41)37-25-15-24-36(30-37)38-28-29-40(45-44(38)39-26-13-14-27-43(39)55-45)49-53-46(34-20-9-3-10-21-34)52-47(54-49)35-22-11-4-12-23-35/h1-31H. The molecule has 0 fully saturated rings. The van der Waals surface area contributed by atoms with Gasteiger partial charge in [0.1, 0.15) is 0 Å². The highest BCUT2D eigenvalue weighted by atomic mass is 32.1. The molecule has 3 aromatic heterocycles. The minimum Gasteiger partial charge on any atom is -0.228 e. The smallest absolute Gasteiger partial charge is 0.165 e. The van der Waals surface area contributed by atoms with Gasteiger partial charge in [-0.05, 0) is 35.4 Å². The van der Waals surface area contributed by atoms with Crippen molar-refractivity contribution in [2.45, 2.75) is 0 Å². The second-order valence-electron chi connectivity index (χ2n) is 13.3. The summed E-state index contributed by atoms with van der Waals surface area (Å²) in [5.74, 6) is 2.60. The van der Waals surface area contributed by atoms with E-state index in [4.69, 9.17) is 24.9 Å². The van der Waals surface area contributed by atoms with Crippen LogP contribution in [0.25, 0.3) is 99.4 Å². The van der Waals surface area contributed by atoms with Crippen LogP contribution in [0.5, 0.6) is 0 Å². The largest absolute Gasteiger partial charge is 0.228 e. The zero-order valence-electron chi connectivity index (χ0n) is 29.5. The quantitative estimate of drug-likeness (QED) is 0.164. The first-order chi connectivity index (χ1) is 27.2. The number of hydrogen-bond donors (Lipinski definition) is 0. The first-order valence-corrected chi connectivity index (χ1v) is 19.0. The van der Waals surface area contributed by atoms with Gasteiger partial charge in [0.15, 0.2) is 23.3 Å². The van der Waals surface area contributed by atoms with E-state index in [1.165, 1.54) is 15.5 Å². The van der Waals surface area contributed by atoms with Crippen LogP contribution >= 0.6 is 11.3 Å². The SMILES string of the molecule is c1ccc(-c2cc(-c3ccccc3)nc(-c3cccc(-c4ccc(-c5nc(-c6ccccc6)nc(-c6ccccc6)n5)c5sc6ccccc6c45)c3)n2)cc1. The zero-order valence-corrected chi connectivity index (χ0v) is 30.4. The van der Waals surface area contributed by atoms with Gasteiger partial charge < -0.3 is 0 Å². The Morgan fingerprint density at radius 2 is 0.764 bits per heavy atom. The molecule has 3 heterocycles. The second kappa shape index (κ2) is 14.0. The zero-order chi connectivity index (χ0) is 36.6. The summed E-state index contributed by atoms with van der Waals surface area (Å²) in [5.41, 5.74) is 9.87. The molecular formula is C49H31N5S. The molecule has 0 bridgehead atoms. The third-order valence-corrected chi connectivity index (χ3v) is 11.0. The maximum absolute atomic E-state index is 5.13. The molecule has 0 unspecified atom stereocenters. The van der Waals surface area contributed by atoms with E-state index in [1.54, 1.807) is 11.3 Å². The molecular weight excluding hydrogens is 691 g/mol. The average molecular weight is 722 g/mol. The van der Waals surface area contributed by atoms with E-state index in [0.717, 1.165) is 60.6 Å². The van der Waals surface area contributed by atoms with Gasteiger partial charge in [-0.2, -0.15) is 0 Å². The van der Waals surface area contributed by atoms with Crippen LogP contribution in [0.4, 0.5) is 0 Å². The van der Waals surface area contributed by atoms with Crippen LogP contribution in [0.1, 0.15) is 0 Å². The number of thiophene rings is 1. The number of nitrogens with zero attached hydrogens (tertiary/aromatic N) is 5. The summed E-state index contributed by atoms with van der Waals surface area (Å²) >= 11 is 1.77. The van der Waals surface area contributed by atoms with E-state index in [1.807, 2.05) is 97.1 Å². The van der Waals surface area contributed by atoms with E-state index in [0.29, 0.717) is 23.3 Å². The van der Waals surface area contributed by atoms with Gasteiger partial charge in [-0.1, -0.05) is 164 Å². The van der Waals surface area contributed by atoms with Gasteiger partial charge in [0, 0.05) is 53.6 Å². The Bertz CT molecular complexity index is 2850. The van der Waals surface area contributed by atoms with E-state index in [-0.39, 0.29) is 0 Å². The molecule has 55 heavy (non-hydrogen) atoms. The monoisotopic (exact) mass is 721 g/mol. The summed E-state index contributed by atoms with van der Waals surface area (Å²) in [7, 11) is 0. The van der Waals surface area contributed by atoms with Crippen molar-refractivity contribution in [2.24, 2.45) is 0 Å². The molecule has 0 saturated heterocycles. The maximum atomic E-state index is 5.13. The summed E-state index contributed by atoms with van der Waals surface area (Å²) in [6, 6.07) is 64.5. The van der Waals surface area contributed by atoms with Crippen LogP contribution in [0.2, 0.25) is 0 Å². The van der Waals surface area contributed by atoms with Gasteiger partial charge in [0.2, 0.25) is 0 Å². The minimum atomic E-state index is 0.642. The molecule has 7 aromatic carbocycles. The lowest BCUT2D eigenvalue weighted by molar-refractivity contribution is 1.08. The molecule has 0 aliphatic carbocycles. The Balaban J connectivity index is 1.15. The predicted molar refractivity (Wildman–Crippen MR) is 226 cm³/mol. The highest BCUT2D eigenvalue weighted by molar-refractivity contribution is 7.26. The van der Waals surface area contributed by atoms with Crippen LogP contribution in [0, 0.1) is 0 Å². The lowest BCUT2D eigenvalue weighted by atomic mass is 9.95. The lowest BCUT2D eigenvalue weighted by Crippen LogP contribution is -2.00. The molecule has 6 heteroatoms. The fourth-order valence-corrected chi connectivity index (χ4v) is 8.33. The predicted octanol–water partition coefficient (Wildman–Crippen LogP) is 12.7. The van der Waals surface area contributed by atoms with Crippen molar-refractivity contribution in [3.8, 4) is 79.2 Å². The Morgan fingerprint density at radius 3 is 1.36 bits per heavy atom. The van der Waals surface area contributed by atoms with Crippen molar-refractivity contribution in [3.63, 3.8) is 0 Å². The van der Waals surface area contributed by atoms with Crippen molar-refractivity contribution >= 4 is 31.5 Å². The van der Waals surface area contributed by atoms with Crippen molar-refractivity contribution in [1.29, 1.82) is 0 Å². The Morgan fingerprint density at radius 1 is 0.309 bits per heavy atom. The van der Waals surface area contributed by atoms with Crippen LogP contribution in [0.15, 0.2) is 188 Å². The van der Waals surface area contributed by atoms with Crippen LogP contribution in [-0.4, -0.2) is 24.9 Å². The summed E-state index contributed by atoms with van der Waals surface area (Å²) in [5, 5.41) is 2.36. The maximum Gasteiger partial charge on any atom is 0.165 e. The topological polar surface area (TPSA) is 64.5 Å². The highest BCUT2D eigenvalue weighted by Crippen LogP contribution is 2.45. The third-order valence-electron chi connectivity index (χ3n) is 9.76. The van der Waals surface area contributed by atoms with Gasteiger partial charge >= 0.3 is 0 Å². The molecule has 0 spiro atoms. The molecule has 0 aliphatic heterocycles. The first kappa shape index (κ1) is 32.5. The van der Waals surface area contributed by atoms with E-state index < -0.39 is 0 Å². The van der Waals surface area contributed by atoms with Gasteiger partial charge in [0.05, 0.1) is 11.4 Å². The van der Waals surface area contributed by atoms with Gasteiger partial charge in [0.25, 0.3) is 0 Å². The van der Waals surface area contributed by atoms with E-state index in [9.17, 15) is 0 Å². The molecule has 0 radical (unpaired) electrons. The van der Waals surface area contributed by atoms with Crippen molar-refractivity contribution in [1.82, 2.24) is 24.9 Å². The summed E-state index contributed by atoms with van der Waals surface area (Å²) in [6.45, 7) is 0. The molecule has 10 aromatic rings. The number of rotatable bonds is 7. The van der Waals surface area contributed by atoms with E-state index in [2.05, 4.69) is 91.0 Å². The molecule has 0 N–H and O–H groups in total. The van der Waals surface area contributed by atoms with Gasteiger partial charge in [-0.15, -0.1) is 11.3 Å². The number of benzene rings is 7. The van der Waals surface area contributed by atoms with Crippen molar-refractivity contribution in [2.75, 3.05) is 0 Å². The highest BCUT2D eigenvalue weighted by Gasteiger charge is 2.20. The third kappa shape index (κ3) is 6.24. The molecule has 258 valence electrons. The van der Waals surface area contributed by atoms with E-state index >= 15 is 0 Å². The molecule has 0 amide bonds. The van der Waals surface area contributed by atoms with Crippen LogP contribution in [0.3, 0.4) is 0 Å². The first-order valence-electron chi connectivity index (χ1n) is 18.2. The fourth-order valence-electron chi connectivity index (χ4n) is 7.09. The normalized spacial score (nSPS) is 11.3. The summed E-state index contributed by atoms with van der Waals surface area (Å²) in [4.78, 5) is 25.4. The lowest BCUT2D eigenvalue weighted by Gasteiger charge is -2.13. The average Bonchev–Trinajstić information content (AvgIpc) is 3.67. The van der Waals surface area contributed by atoms with Crippen LogP contribution < -0.4 is 0 Å². The van der Waals surface area contributed by atoms with Gasteiger partial charge in [-0.3, -0.25) is 0 Å².